The number of rotatable bonds is 4. The summed E-state index contributed by atoms with van der Waals surface area (Å²) in [7, 11) is 0. The molecule has 0 saturated carbocycles. The van der Waals surface area contributed by atoms with Crippen molar-refractivity contribution in [2.24, 2.45) is 5.10 Å². The molecule has 0 bridgehead atoms. The number of nitriles is 2. The van der Waals surface area contributed by atoms with Crippen LogP contribution >= 0.6 is 0 Å². The molecular weight excluding hydrogens is 271 g/mol. The van der Waals surface area contributed by atoms with Crippen molar-refractivity contribution in [3.8, 4) is 23.6 Å². The van der Waals surface area contributed by atoms with Crippen molar-refractivity contribution in [1.29, 1.82) is 10.5 Å². The predicted octanol–water partition coefficient (Wildman–Crippen LogP) is 3.43. The molecule has 102 valence electrons. The smallest absolute Gasteiger partial charge is 0.237 e. The molecule has 0 aliphatic heterocycles. The summed E-state index contributed by atoms with van der Waals surface area (Å²) in [4.78, 5) is 0. The van der Waals surface area contributed by atoms with Crippen molar-refractivity contribution in [1.82, 2.24) is 0 Å². The number of benzene rings is 2. The van der Waals surface area contributed by atoms with E-state index in [1.54, 1.807) is 36.4 Å². The van der Waals surface area contributed by atoms with Crippen LogP contribution in [0.25, 0.3) is 0 Å². The summed E-state index contributed by atoms with van der Waals surface area (Å²) in [5, 5.41) is 20.6. The summed E-state index contributed by atoms with van der Waals surface area (Å²) in [5.41, 5.74) is 2.38. The first-order valence-electron chi connectivity index (χ1n) is 5.89. The van der Waals surface area contributed by atoms with E-state index < -0.39 is 5.82 Å². The van der Waals surface area contributed by atoms with E-state index in [1.165, 1.54) is 12.1 Å². The van der Waals surface area contributed by atoms with E-state index in [9.17, 15) is 4.39 Å². The summed E-state index contributed by atoms with van der Waals surface area (Å²) in [5.74, 6) is -0.00239. The van der Waals surface area contributed by atoms with Crippen LogP contribution in [-0.4, -0.2) is 5.71 Å². The number of para-hydroxylation sites is 1. The maximum atomic E-state index is 13.9. The molecule has 5 nitrogen and oxygen atoms in total. The van der Waals surface area contributed by atoms with E-state index in [4.69, 9.17) is 15.3 Å². The second kappa shape index (κ2) is 6.69. The van der Waals surface area contributed by atoms with Gasteiger partial charge in [-0.1, -0.05) is 18.2 Å². The Morgan fingerprint density at radius 1 is 1.10 bits per heavy atom. The molecule has 2 aromatic carbocycles. The van der Waals surface area contributed by atoms with Crippen molar-refractivity contribution in [2.75, 3.05) is 5.43 Å². The van der Waals surface area contributed by atoms with Crippen LogP contribution in [0, 0.1) is 28.5 Å². The Balaban J connectivity index is 2.13. The van der Waals surface area contributed by atoms with Crippen molar-refractivity contribution in [3.63, 3.8) is 0 Å². The Morgan fingerprint density at radius 2 is 1.81 bits per heavy atom. The number of nitrogens with zero attached hydrogens (tertiary/aromatic N) is 3. The molecule has 0 heterocycles. The molecule has 2 rings (SSSR count). The SMILES string of the molecule is N#CC(C#N)=NNc1ccc(Oc2ccccc2)c(F)c1. The molecule has 6 heteroatoms. The van der Waals surface area contributed by atoms with E-state index in [0.29, 0.717) is 11.4 Å². The molecule has 21 heavy (non-hydrogen) atoms. The molecule has 0 aliphatic rings. The van der Waals surface area contributed by atoms with Crippen molar-refractivity contribution in [3.05, 3.63) is 54.3 Å². The Hall–Kier alpha value is -3.38. The minimum absolute atomic E-state index is 0.0662. The van der Waals surface area contributed by atoms with E-state index >= 15 is 0 Å². The third-order valence-electron chi connectivity index (χ3n) is 2.41. The lowest BCUT2D eigenvalue weighted by atomic mass is 10.3. The maximum absolute atomic E-state index is 13.9. The van der Waals surface area contributed by atoms with E-state index in [-0.39, 0.29) is 11.5 Å². The van der Waals surface area contributed by atoms with Crippen molar-refractivity contribution in [2.45, 2.75) is 0 Å². The topological polar surface area (TPSA) is 81.2 Å². The highest BCUT2D eigenvalue weighted by Crippen LogP contribution is 2.26. The monoisotopic (exact) mass is 280 g/mol. The second-order valence-corrected chi connectivity index (χ2v) is 3.86. The minimum atomic E-state index is -0.588. The quantitative estimate of drug-likeness (QED) is 0.687. The average molecular weight is 280 g/mol. The van der Waals surface area contributed by atoms with Gasteiger partial charge in [-0.15, -0.1) is 0 Å². The summed E-state index contributed by atoms with van der Waals surface area (Å²) in [6.07, 6.45) is 0. The van der Waals surface area contributed by atoms with Crippen LogP contribution in [0.3, 0.4) is 0 Å². The lowest BCUT2D eigenvalue weighted by molar-refractivity contribution is 0.442. The van der Waals surface area contributed by atoms with Gasteiger partial charge in [-0.3, -0.25) is 5.43 Å². The summed E-state index contributed by atoms with van der Waals surface area (Å²) in [6.45, 7) is 0. The molecule has 0 unspecified atom stereocenters. The molecule has 0 aliphatic carbocycles. The number of nitrogens with one attached hydrogen (secondary N) is 1. The third kappa shape index (κ3) is 3.79. The van der Waals surface area contributed by atoms with Crippen LogP contribution < -0.4 is 10.2 Å². The Morgan fingerprint density at radius 3 is 2.43 bits per heavy atom. The van der Waals surface area contributed by atoms with Gasteiger partial charge < -0.3 is 4.74 Å². The normalized spacial score (nSPS) is 9.10. The maximum Gasteiger partial charge on any atom is 0.237 e. The van der Waals surface area contributed by atoms with Gasteiger partial charge in [-0.2, -0.15) is 15.6 Å². The average Bonchev–Trinajstić information content (AvgIpc) is 2.52. The Kier molecular flexibility index (Phi) is 4.47. The fraction of sp³-hybridized carbons (Fsp3) is 0. The first kappa shape index (κ1) is 14.0. The van der Waals surface area contributed by atoms with E-state index in [2.05, 4.69) is 10.5 Å². The highest BCUT2D eigenvalue weighted by molar-refractivity contribution is 6.10. The van der Waals surface area contributed by atoms with Crippen molar-refractivity contribution >= 4 is 11.4 Å². The Labute approximate surface area is 120 Å². The summed E-state index contributed by atoms with van der Waals surface area (Å²) in [6, 6.07) is 16.1. The van der Waals surface area contributed by atoms with Crippen LogP contribution in [0.4, 0.5) is 10.1 Å². The molecular formula is C15H9FN4O. The van der Waals surface area contributed by atoms with Gasteiger partial charge >= 0.3 is 0 Å². The predicted molar refractivity (Wildman–Crippen MR) is 75.2 cm³/mol. The van der Waals surface area contributed by atoms with Crippen LogP contribution in [0.5, 0.6) is 11.5 Å². The molecule has 0 saturated heterocycles. The first-order valence-corrected chi connectivity index (χ1v) is 5.89. The van der Waals surface area contributed by atoms with Crippen LogP contribution in [-0.2, 0) is 0 Å². The van der Waals surface area contributed by atoms with Crippen LogP contribution in [0.1, 0.15) is 0 Å². The zero-order chi connectivity index (χ0) is 15.1. The van der Waals surface area contributed by atoms with Gasteiger partial charge in [0.25, 0.3) is 0 Å². The second-order valence-electron chi connectivity index (χ2n) is 3.86. The van der Waals surface area contributed by atoms with Gasteiger partial charge in [-0.25, -0.2) is 4.39 Å². The fourth-order valence-corrected chi connectivity index (χ4v) is 1.46. The van der Waals surface area contributed by atoms with Gasteiger partial charge in [0.05, 0.1) is 5.69 Å². The molecule has 0 radical (unpaired) electrons. The van der Waals surface area contributed by atoms with Crippen molar-refractivity contribution < 1.29 is 9.13 Å². The molecule has 0 atom stereocenters. The van der Waals surface area contributed by atoms with E-state index in [0.717, 1.165) is 6.07 Å². The molecule has 1 N–H and O–H groups in total. The van der Waals surface area contributed by atoms with Gasteiger partial charge in [0.2, 0.25) is 5.71 Å². The van der Waals surface area contributed by atoms with Crippen LogP contribution in [0.15, 0.2) is 53.6 Å². The lowest BCUT2D eigenvalue weighted by Gasteiger charge is -2.07. The number of hydrogen-bond donors (Lipinski definition) is 1. The molecule has 0 spiro atoms. The third-order valence-corrected chi connectivity index (χ3v) is 2.41. The molecule has 2 aromatic rings. The zero-order valence-electron chi connectivity index (χ0n) is 10.7. The standard InChI is InChI=1S/C15H9FN4O/c16-14-8-11(19-20-12(9-17)10-18)6-7-15(14)21-13-4-2-1-3-5-13/h1-8,19H. The van der Waals surface area contributed by atoms with Gasteiger partial charge in [0.15, 0.2) is 11.6 Å². The fourth-order valence-electron chi connectivity index (χ4n) is 1.46. The number of ether oxygens (including phenoxy) is 1. The van der Waals surface area contributed by atoms with Crippen LogP contribution in [0.2, 0.25) is 0 Å². The number of anilines is 1. The molecule has 0 amide bonds. The van der Waals surface area contributed by atoms with Gasteiger partial charge in [-0.05, 0) is 24.3 Å². The highest BCUT2D eigenvalue weighted by atomic mass is 19.1. The van der Waals surface area contributed by atoms with Gasteiger partial charge in [0, 0.05) is 6.07 Å². The number of hydrazone groups is 1. The number of halogens is 1. The zero-order valence-corrected chi connectivity index (χ0v) is 10.7. The summed E-state index contributed by atoms with van der Waals surface area (Å²) < 4.78 is 19.3. The highest BCUT2D eigenvalue weighted by Gasteiger charge is 2.06. The molecule has 0 fully saturated rings. The van der Waals surface area contributed by atoms with E-state index in [1.807, 2.05) is 6.07 Å². The molecule has 0 aromatic heterocycles. The lowest BCUT2D eigenvalue weighted by Crippen LogP contribution is -1.97. The van der Waals surface area contributed by atoms with Gasteiger partial charge in [0.1, 0.15) is 17.9 Å². The summed E-state index contributed by atoms with van der Waals surface area (Å²) >= 11 is 0. The number of hydrogen-bond acceptors (Lipinski definition) is 5. The first-order chi connectivity index (χ1) is 10.2. The largest absolute Gasteiger partial charge is 0.454 e. The minimum Gasteiger partial charge on any atom is -0.454 e. The Bertz CT molecular complexity index is 729.